The fraction of sp³-hybridized carbons (Fsp3) is 0.263. The second kappa shape index (κ2) is 8.88. The van der Waals surface area contributed by atoms with Crippen LogP contribution in [0.15, 0.2) is 42.5 Å². The van der Waals surface area contributed by atoms with Gasteiger partial charge in [-0.15, -0.1) is 0 Å². The Kier molecular flexibility index (Phi) is 6.85. The molecule has 1 N–H and O–H groups in total. The van der Waals surface area contributed by atoms with Crippen molar-refractivity contribution in [3.05, 3.63) is 58.1 Å². The third-order valence-electron chi connectivity index (χ3n) is 3.48. The van der Waals surface area contributed by atoms with Crippen molar-refractivity contribution in [1.29, 1.82) is 0 Å². The topological polar surface area (TPSA) is 55.4 Å². The molecule has 0 aliphatic heterocycles. The maximum absolute atomic E-state index is 12.0. The van der Waals surface area contributed by atoms with Gasteiger partial charge in [-0.3, -0.25) is 9.59 Å². The molecule has 25 heavy (non-hydrogen) atoms. The van der Waals surface area contributed by atoms with E-state index in [9.17, 15) is 9.59 Å². The Morgan fingerprint density at radius 1 is 1.08 bits per heavy atom. The predicted molar refractivity (Wildman–Crippen MR) is 100 cm³/mol. The highest BCUT2D eigenvalue weighted by molar-refractivity contribution is 6.40. The van der Waals surface area contributed by atoms with E-state index in [2.05, 4.69) is 5.32 Å². The Bertz CT molecular complexity index is 738. The zero-order chi connectivity index (χ0) is 18.4. The molecule has 0 aliphatic rings. The molecule has 0 aromatic heterocycles. The van der Waals surface area contributed by atoms with Crippen molar-refractivity contribution in [2.45, 2.75) is 26.7 Å². The maximum atomic E-state index is 12.0. The molecule has 0 fully saturated rings. The fourth-order valence-electron chi connectivity index (χ4n) is 2.07. The SMILES string of the molecule is CC(C)C(=O)Nc1c(Cl)cc(OC(=O)CCc2ccccc2)cc1Cl. The molecule has 0 atom stereocenters. The van der Waals surface area contributed by atoms with Crippen molar-refractivity contribution >= 4 is 40.8 Å². The summed E-state index contributed by atoms with van der Waals surface area (Å²) >= 11 is 12.3. The predicted octanol–water partition coefficient (Wildman–Crippen LogP) is 5.13. The number of esters is 1. The van der Waals surface area contributed by atoms with Crippen molar-refractivity contribution in [2.24, 2.45) is 5.92 Å². The van der Waals surface area contributed by atoms with E-state index in [4.69, 9.17) is 27.9 Å². The largest absolute Gasteiger partial charge is 0.426 e. The Morgan fingerprint density at radius 2 is 1.68 bits per heavy atom. The third kappa shape index (κ3) is 5.76. The number of ether oxygens (including phenoxy) is 1. The second-order valence-electron chi connectivity index (χ2n) is 5.87. The van der Waals surface area contributed by atoms with Crippen LogP contribution < -0.4 is 10.1 Å². The number of hydrogen-bond acceptors (Lipinski definition) is 3. The summed E-state index contributed by atoms with van der Waals surface area (Å²) in [6, 6.07) is 12.6. The lowest BCUT2D eigenvalue weighted by atomic mass is 10.1. The lowest BCUT2D eigenvalue weighted by Gasteiger charge is -2.13. The van der Waals surface area contributed by atoms with Gasteiger partial charge in [-0.25, -0.2) is 0 Å². The number of halogens is 2. The first-order valence-electron chi connectivity index (χ1n) is 7.91. The molecule has 0 radical (unpaired) electrons. The van der Waals surface area contributed by atoms with Crippen LogP contribution in [-0.4, -0.2) is 11.9 Å². The van der Waals surface area contributed by atoms with Gasteiger partial charge >= 0.3 is 5.97 Å². The van der Waals surface area contributed by atoms with E-state index in [0.717, 1.165) is 5.56 Å². The average Bonchev–Trinajstić information content (AvgIpc) is 2.57. The quantitative estimate of drug-likeness (QED) is 0.559. The summed E-state index contributed by atoms with van der Waals surface area (Å²) in [6.07, 6.45) is 0.828. The van der Waals surface area contributed by atoms with Gasteiger partial charge in [0.15, 0.2) is 0 Å². The first-order chi connectivity index (χ1) is 11.9. The summed E-state index contributed by atoms with van der Waals surface area (Å²) in [7, 11) is 0. The minimum absolute atomic E-state index is 0.198. The van der Waals surface area contributed by atoms with Crippen molar-refractivity contribution in [1.82, 2.24) is 0 Å². The molecule has 2 aromatic rings. The summed E-state index contributed by atoms with van der Waals surface area (Å²) in [5.74, 6) is -0.537. The summed E-state index contributed by atoms with van der Waals surface area (Å²) in [5.41, 5.74) is 1.37. The van der Waals surface area contributed by atoms with Crippen molar-refractivity contribution in [2.75, 3.05) is 5.32 Å². The monoisotopic (exact) mass is 379 g/mol. The first-order valence-corrected chi connectivity index (χ1v) is 8.67. The van der Waals surface area contributed by atoms with E-state index in [0.29, 0.717) is 12.1 Å². The van der Waals surface area contributed by atoms with Gasteiger partial charge in [-0.05, 0) is 12.0 Å². The molecule has 0 spiro atoms. The van der Waals surface area contributed by atoms with Crippen LogP contribution in [0.5, 0.6) is 5.75 Å². The zero-order valence-electron chi connectivity index (χ0n) is 14.0. The molecule has 2 rings (SSSR count). The molecule has 4 nitrogen and oxygen atoms in total. The molecule has 0 saturated carbocycles. The number of carbonyl (C=O) groups is 2. The number of benzene rings is 2. The highest BCUT2D eigenvalue weighted by Crippen LogP contribution is 2.35. The Labute approximate surface area is 157 Å². The summed E-state index contributed by atoms with van der Waals surface area (Å²) in [4.78, 5) is 23.8. The minimum Gasteiger partial charge on any atom is -0.426 e. The van der Waals surface area contributed by atoms with E-state index >= 15 is 0 Å². The van der Waals surface area contributed by atoms with E-state index < -0.39 is 0 Å². The number of nitrogens with one attached hydrogen (secondary N) is 1. The number of aryl methyl sites for hydroxylation is 1. The average molecular weight is 380 g/mol. The molecule has 6 heteroatoms. The van der Waals surface area contributed by atoms with Crippen molar-refractivity contribution < 1.29 is 14.3 Å². The van der Waals surface area contributed by atoms with Crippen LogP contribution in [0.1, 0.15) is 25.8 Å². The summed E-state index contributed by atoms with van der Waals surface area (Å²) in [6.45, 7) is 3.53. The number of rotatable bonds is 6. The Morgan fingerprint density at radius 3 is 2.24 bits per heavy atom. The van der Waals surface area contributed by atoms with Crippen molar-refractivity contribution in [3.63, 3.8) is 0 Å². The summed E-state index contributed by atoms with van der Waals surface area (Å²) < 4.78 is 5.28. The van der Waals surface area contributed by atoms with Crippen molar-refractivity contribution in [3.8, 4) is 5.75 Å². The molecular weight excluding hydrogens is 361 g/mol. The van der Waals surface area contributed by atoms with E-state index in [1.54, 1.807) is 13.8 Å². The molecule has 0 heterocycles. The Hall–Kier alpha value is -2.04. The van der Waals surface area contributed by atoms with Crippen LogP contribution >= 0.6 is 23.2 Å². The number of anilines is 1. The van der Waals surface area contributed by atoms with Crippen LogP contribution in [0.4, 0.5) is 5.69 Å². The summed E-state index contributed by atoms with van der Waals surface area (Å²) in [5, 5.41) is 3.09. The molecule has 0 bridgehead atoms. The Balaban J connectivity index is 2.00. The highest BCUT2D eigenvalue weighted by Gasteiger charge is 2.15. The molecule has 0 unspecified atom stereocenters. The minimum atomic E-state index is -0.380. The number of hydrogen-bond donors (Lipinski definition) is 1. The van der Waals surface area contributed by atoms with E-state index in [1.165, 1.54) is 12.1 Å². The molecule has 0 saturated heterocycles. The molecule has 2 aromatic carbocycles. The normalized spacial score (nSPS) is 10.6. The fourth-order valence-corrected chi connectivity index (χ4v) is 2.63. The molecule has 0 aliphatic carbocycles. The smallest absolute Gasteiger partial charge is 0.311 e. The first kappa shape index (κ1) is 19.3. The lowest BCUT2D eigenvalue weighted by Crippen LogP contribution is -2.18. The van der Waals surface area contributed by atoms with Crippen LogP contribution in [-0.2, 0) is 16.0 Å². The van der Waals surface area contributed by atoms with Gasteiger partial charge in [-0.1, -0.05) is 67.4 Å². The molecular formula is C19H19Cl2NO3. The van der Waals surface area contributed by atoms with E-state index in [1.807, 2.05) is 30.3 Å². The van der Waals surface area contributed by atoms with Gasteiger partial charge < -0.3 is 10.1 Å². The molecule has 1 amide bonds. The van der Waals surface area contributed by atoms with Crippen LogP contribution in [0.25, 0.3) is 0 Å². The van der Waals surface area contributed by atoms with Crippen LogP contribution in [0.3, 0.4) is 0 Å². The van der Waals surface area contributed by atoms with Crippen LogP contribution in [0, 0.1) is 5.92 Å². The second-order valence-corrected chi connectivity index (χ2v) is 6.68. The van der Waals surface area contributed by atoms with Gasteiger partial charge in [0.25, 0.3) is 0 Å². The van der Waals surface area contributed by atoms with Crippen LogP contribution in [0.2, 0.25) is 10.0 Å². The van der Waals surface area contributed by atoms with Gasteiger partial charge in [0.05, 0.1) is 15.7 Å². The molecule has 132 valence electrons. The van der Waals surface area contributed by atoms with Gasteiger partial charge in [0.2, 0.25) is 5.91 Å². The lowest BCUT2D eigenvalue weighted by molar-refractivity contribution is -0.134. The zero-order valence-corrected chi connectivity index (χ0v) is 15.5. The van der Waals surface area contributed by atoms with Gasteiger partial charge in [-0.2, -0.15) is 0 Å². The third-order valence-corrected chi connectivity index (χ3v) is 4.08. The highest BCUT2D eigenvalue weighted by atomic mass is 35.5. The number of carbonyl (C=O) groups excluding carboxylic acids is 2. The van der Waals surface area contributed by atoms with Gasteiger partial charge in [0, 0.05) is 24.5 Å². The van der Waals surface area contributed by atoms with E-state index in [-0.39, 0.29) is 40.0 Å². The van der Waals surface area contributed by atoms with Gasteiger partial charge in [0.1, 0.15) is 5.75 Å². The maximum Gasteiger partial charge on any atom is 0.311 e. The standard InChI is InChI=1S/C19H19Cl2NO3/c1-12(2)19(24)22-18-15(20)10-14(11-16(18)21)25-17(23)9-8-13-6-4-3-5-7-13/h3-7,10-12H,8-9H2,1-2H3,(H,22,24). The number of amides is 1.